The summed E-state index contributed by atoms with van der Waals surface area (Å²) in [5.41, 5.74) is 0.871. The van der Waals surface area contributed by atoms with E-state index in [0.29, 0.717) is 27.8 Å². The van der Waals surface area contributed by atoms with Crippen LogP contribution in [0.5, 0.6) is 0 Å². The summed E-state index contributed by atoms with van der Waals surface area (Å²) in [6.07, 6.45) is 3.53. The van der Waals surface area contributed by atoms with Crippen molar-refractivity contribution in [3.8, 4) is 0 Å². The van der Waals surface area contributed by atoms with Gasteiger partial charge >= 0.3 is 0 Å². The maximum absolute atomic E-state index is 12.4. The van der Waals surface area contributed by atoms with E-state index < -0.39 is 0 Å². The number of hydrogen-bond acceptors (Lipinski definition) is 3. The lowest BCUT2D eigenvalue weighted by atomic mass is 10.0. The Bertz CT molecular complexity index is 617. The molecule has 1 fully saturated rings. The molecule has 92 valence electrons. The fourth-order valence-corrected chi connectivity index (χ4v) is 2.27. The van der Waals surface area contributed by atoms with Crippen LogP contribution >= 0.6 is 23.2 Å². The van der Waals surface area contributed by atoms with E-state index in [2.05, 4.69) is 5.16 Å². The highest BCUT2D eigenvalue weighted by Crippen LogP contribution is 2.42. The summed E-state index contributed by atoms with van der Waals surface area (Å²) in [5.74, 6) is 0.797. The summed E-state index contributed by atoms with van der Waals surface area (Å²) >= 11 is 12.0. The minimum atomic E-state index is -0.189. The summed E-state index contributed by atoms with van der Waals surface area (Å²) in [5, 5.41) is 4.35. The second kappa shape index (κ2) is 4.41. The van der Waals surface area contributed by atoms with Crippen molar-refractivity contribution in [1.82, 2.24) is 5.16 Å². The van der Waals surface area contributed by atoms with Gasteiger partial charge in [-0.2, -0.15) is 0 Å². The molecule has 3 nitrogen and oxygen atoms in total. The third-order valence-electron chi connectivity index (χ3n) is 2.99. The second-order valence-electron chi connectivity index (χ2n) is 4.31. The van der Waals surface area contributed by atoms with Crippen LogP contribution in [0.15, 0.2) is 28.9 Å². The number of hydrogen-bond donors (Lipinski definition) is 0. The van der Waals surface area contributed by atoms with E-state index in [0.717, 1.165) is 12.8 Å². The molecule has 3 rings (SSSR count). The van der Waals surface area contributed by atoms with Crippen molar-refractivity contribution in [3.05, 3.63) is 51.3 Å². The Balaban J connectivity index is 2.03. The molecule has 1 saturated carbocycles. The van der Waals surface area contributed by atoms with Gasteiger partial charge in [-0.05, 0) is 25.0 Å². The number of halogens is 2. The predicted octanol–water partition coefficient (Wildman–Crippen LogP) is 4.09. The summed E-state index contributed by atoms with van der Waals surface area (Å²) in [6.45, 7) is 0. The van der Waals surface area contributed by atoms with Crippen LogP contribution in [0.3, 0.4) is 0 Å². The molecule has 0 aliphatic heterocycles. The minimum absolute atomic E-state index is 0.189. The van der Waals surface area contributed by atoms with Crippen molar-refractivity contribution in [2.75, 3.05) is 0 Å². The van der Waals surface area contributed by atoms with Gasteiger partial charge in [0.1, 0.15) is 0 Å². The zero-order valence-electron chi connectivity index (χ0n) is 9.32. The Morgan fingerprint density at radius 2 is 2.06 bits per heavy atom. The van der Waals surface area contributed by atoms with E-state index in [-0.39, 0.29) is 10.8 Å². The van der Waals surface area contributed by atoms with E-state index in [1.54, 1.807) is 18.2 Å². The molecule has 5 heteroatoms. The Kier molecular flexibility index (Phi) is 2.88. The molecule has 1 aromatic carbocycles. The number of carbonyl (C=O) groups excluding carboxylic acids is 1. The Labute approximate surface area is 114 Å². The molecule has 1 heterocycles. The third-order valence-corrected chi connectivity index (χ3v) is 3.81. The molecule has 1 aliphatic rings. The first-order valence-corrected chi connectivity index (χ1v) is 6.37. The molecule has 0 radical (unpaired) electrons. The Morgan fingerprint density at radius 3 is 2.78 bits per heavy atom. The van der Waals surface area contributed by atoms with E-state index in [1.165, 1.54) is 6.20 Å². The van der Waals surface area contributed by atoms with Crippen molar-refractivity contribution in [2.45, 2.75) is 18.8 Å². The molecule has 1 aromatic heterocycles. The smallest absolute Gasteiger partial charge is 0.199 e. The van der Waals surface area contributed by atoms with Crippen LogP contribution < -0.4 is 0 Å². The van der Waals surface area contributed by atoms with Crippen molar-refractivity contribution in [3.63, 3.8) is 0 Å². The molecule has 0 saturated heterocycles. The molecule has 1 aliphatic carbocycles. The fourth-order valence-electron chi connectivity index (χ4n) is 1.88. The standard InChI is InChI=1S/C13H9Cl2NO2/c14-10-3-1-2-8(11(10)15)12(17)9-6-16-18-13(9)7-4-5-7/h1-3,6-7H,4-5H2. The molecule has 0 amide bonds. The molecule has 0 N–H and O–H groups in total. The molecule has 0 bridgehead atoms. The number of aromatic nitrogens is 1. The average Bonchev–Trinajstić information content (AvgIpc) is 3.09. The number of rotatable bonds is 3. The van der Waals surface area contributed by atoms with Crippen molar-refractivity contribution < 1.29 is 9.32 Å². The van der Waals surface area contributed by atoms with Gasteiger partial charge in [-0.1, -0.05) is 34.4 Å². The maximum atomic E-state index is 12.4. The molecule has 0 unspecified atom stereocenters. The lowest BCUT2D eigenvalue weighted by Gasteiger charge is -2.04. The van der Waals surface area contributed by atoms with Gasteiger partial charge in [0.25, 0.3) is 0 Å². The summed E-state index contributed by atoms with van der Waals surface area (Å²) < 4.78 is 5.15. The van der Waals surface area contributed by atoms with Crippen LogP contribution in [0, 0.1) is 0 Å². The summed E-state index contributed by atoms with van der Waals surface area (Å²) in [4.78, 5) is 12.4. The van der Waals surface area contributed by atoms with E-state index >= 15 is 0 Å². The Morgan fingerprint density at radius 1 is 1.28 bits per heavy atom. The van der Waals surface area contributed by atoms with Crippen LogP contribution in [0.25, 0.3) is 0 Å². The van der Waals surface area contributed by atoms with Crippen LogP contribution in [-0.2, 0) is 0 Å². The van der Waals surface area contributed by atoms with E-state index in [4.69, 9.17) is 27.7 Å². The second-order valence-corrected chi connectivity index (χ2v) is 5.09. The molecule has 2 aromatic rings. The quantitative estimate of drug-likeness (QED) is 0.796. The van der Waals surface area contributed by atoms with Gasteiger partial charge in [-0.15, -0.1) is 0 Å². The lowest BCUT2D eigenvalue weighted by molar-refractivity contribution is 0.103. The zero-order valence-corrected chi connectivity index (χ0v) is 10.8. The molecule has 0 atom stereocenters. The van der Waals surface area contributed by atoms with Crippen LogP contribution in [0.1, 0.15) is 40.4 Å². The normalized spacial score (nSPS) is 14.8. The number of nitrogens with zero attached hydrogens (tertiary/aromatic N) is 1. The van der Waals surface area contributed by atoms with Gasteiger partial charge in [-0.25, -0.2) is 0 Å². The van der Waals surface area contributed by atoms with Crippen LogP contribution in [0.4, 0.5) is 0 Å². The molecular weight excluding hydrogens is 273 g/mol. The van der Waals surface area contributed by atoms with Crippen LogP contribution in [-0.4, -0.2) is 10.9 Å². The van der Waals surface area contributed by atoms with Gasteiger partial charge in [0.05, 0.1) is 21.8 Å². The topological polar surface area (TPSA) is 43.1 Å². The van der Waals surface area contributed by atoms with Gasteiger partial charge in [0.15, 0.2) is 11.5 Å². The summed E-state index contributed by atoms with van der Waals surface area (Å²) in [7, 11) is 0. The first-order chi connectivity index (χ1) is 8.68. The molecule has 18 heavy (non-hydrogen) atoms. The van der Waals surface area contributed by atoms with Crippen molar-refractivity contribution in [2.24, 2.45) is 0 Å². The zero-order chi connectivity index (χ0) is 12.7. The number of carbonyl (C=O) groups is 1. The predicted molar refractivity (Wildman–Crippen MR) is 68.4 cm³/mol. The fraction of sp³-hybridized carbons (Fsp3) is 0.231. The number of ketones is 1. The molecule has 0 spiro atoms. The summed E-state index contributed by atoms with van der Waals surface area (Å²) in [6, 6.07) is 5.00. The highest BCUT2D eigenvalue weighted by molar-refractivity contribution is 6.44. The first-order valence-electron chi connectivity index (χ1n) is 5.61. The van der Waals surface area contributed by atoms with Crippen molar-refractivity contribution >= 4 is 29.0 Å². The SMILES string of the molecule is O=C(c1cnoc1C1CC1)c1cccc(Cl)c1Cl. The van der Waals surface area contributed by atoms with Gasteiger partial charge in [0, 0.05) is 11.5 Å². The first kappa shape index (κ1) is 11.8. The lowest BCUT2D eigenvalue weighted by Crippen LogP contribution is -2.03. The minimum Gasteiger partial charge on any atom is -0.360 e. The highest BCUT2D eigenvalue weighted by Gasteiger charge is 2.33. The van der Waals surface area contributed by atoms with Crippen LogP contribution in [0.2, 0.25) is 10.0 Å². The van der Waals surface area contributed by atoms with Crippen molar-refractivity contribution in [1.29, 1.82) is 0 Å². The average molecular weight is 282 g/mol. The molecular formula is C13H9Cl2NO2. The van der Waals surface area contributed by atoms with E-state index in [1.807, 2.05) is 0 Å². The maximum Gasteiger partial charge on any atom is 0.199 e. The Hall–Kier alpha value is -1.32. The largest absolute Gasteiger partial charge is 0.360 e. The van der Waals surface area contributed by atoms with Gasteiger partial charge in [0.2, 0.25) is 0 Å². The third kappa shape index (κ3) is 1.93. The van der Waals surface area contributed by atoms with Gasteiger partial charge in [-0.3, -0.25) is 4.79 Å². The number of benzene rings is 1. The van der Waals surface area contributed by atoms with Gasteiger partial charge < -0.3 is 4.52 Å². The van der Waals surface area contributed by atoms with E-state index in [9.17, 15) is 4.79 Å². The highest BCUT2D eigenvalue weighted by atomic mass is 35.5. The monoisotopic (exact) mass is 281 g/mol.